The standard InChI is InChI=1S/C28H25N3O5/c1-34-24-16-21-22(17-25(24)35-2)30-15-12-23(21)36-20-10-8-19(9-11-20)31(18-6-4-3-5-7-18)27(33)28(13-14-28)26(29)32/h3-12,15-17H,13-14H2,1-2H3,(H2,29,32). The highest BCUT2D eigenvalue weighted by Gasteiger charge is 2.57. The lowest BCUT2D eigenvalue weighted by Crippen LogP contribution is -2.41. The van der Waals surface area contributed by atoms with Gasteiger partial charge < -0.3 is 19.9 Å². The number of para-hydroxylation sites is 1. The molecule has 36 heavy (non-hydrogen) atoms. The van der Waals surface area contributed by atoms with Crippen molar-refractivity contribution in [2.24, 2.45) is 11.1 Å². The number of hydrogen-bond acceptors (Lipinski definition) is 6. The molecule has 2 N–H and O–H groups in total. The van der Waals surface area contributed by atoms with E-state index in [0.29, 0.717) is 52.7 Å². The van der Waals surface area contributed by atoms with Crippen LogP contribution in [0, 0.1) is 5.41 Å². The summed E-state index contributed by atoms with van der Waals surface area (Å²) >= 11 is 0. The number of amides is 2. The SMILES string of the molecule is COc1cc2nccc(Oc3ccc(N(C(=O)C4(C(N)=O)CC4)c4ccccc4)cc3)c2cc1OC. The van der Waals surface area contributed by atoms with Crippen LogP contribution in [-0.2, 0) is 9.59 Å². The van der Waals surface area contributed by atoms with Crippen molar-refractivity contribution < 1.29 is 23.8 Å². The second-order valence-electron chi connectivity index (χ2n) is 8.55. The van der Waals surface area contributed by atoms with Crippen LogP contribution in [0.2, 0.25) is 0 Å². The Morgan fingerprint density at radius 3 is 2.11 bits per heavy atom. The van der Waals surface area contributed by atoms with E-state index in [2.05, 4.69) is 4.98 Å². The maximum atomic E-state index is 13.5. The Kier molecular flexibility index (Phi) is 5.93. The number of fused-ring (bicyclic) bond motifs is 1. The fourth-order valence-electron chi connectivity index (χ4n) is 4.19. The third-order valence-corrected chi connectivity index (χ3v) is 6.38. The van der Waals surface area contributed by atoms with Gasteiger partial charge in [-0.05, 0) is 61.4 Å². The second kappa shape index (κ2) is 9.22. The summed E-state index contributed by atoms with van der Waals surface area (Å²) in [7, 11) is 3.15. The van der Waals surface area contributed by atoms with Gasteiger partial charge in [-0.3, -0.25) is 19.5 Å². The van der Waals surface area contributed by atoms with Gasteiger partial charge in [0.25, 0.3) is 0 Å². The first-order valence-electron chi connectivity index (χ1n) is 11.4. The maximum absolute atomic E-state index is 13.5. The highest BCUT2D eigenvalue weighted by Crippen LogP contribution is 2.49. The molecule has 1 heterocycles. The van der Waals surface area contributed by atoms with Gasteiger partial charge >= 0.3 is 0 Å². The van der Waals surface area contributed by atoms with Crippen molar-refractivity contribution in [2.75, 3.05) is 19.1 Å². The van der Waals surface area contributed by atoms with Crippen molar-refractivity contribution in [3.8, 4) is 23.0 Å². The smallest absolute Gasteiger partial charge is 0.247 e. The first kappa shape index (κ1) is 23.2. The molecule has 0 aliphatic heterocycles. The van der Waals surface area contributed by atoms with Gasteiger partial charge in [0.15, 0.2) is 11.5 Å². The van der Waals surface area contributed by atoms with Crippen LogP contribution in [0.1, 0.15) is 12.8 Å². The number of methoxy groups -OCH3 is 2. The van der Waals surface area contributed by atoms with E-state index >= 15 is 0 Å². The molecule has 1 aliphatic rings. The molecule has 0 saturated heterocycles. The fraction of sp³-hybridized carbons (Fsp3) is 0.179. The number of pyridine rings is 1. The van der Waals surface area contributed by atoms with E-state index in [1.54, 1.807) is 61.7 Å². The number of carbonyl (C=O) groups is 2. The predicted octanol–water partition coefficient (Wildman–Crippen LogP) is 4.97. The van der Waals surface area contributed by atoms with Gasteiger partial charge in [0.2, 0.25) is 11.8 Å². The Morgan fingerprint density at radius 2 is 1.50 bits per heavy atom. The molecule has 0 bridgehead atoms. The normalized spacial score (nSPS) is 13.6. The van der Waals surface area contributed by atoms with Gasteiger partial charge in [0, 0.05) is 29.0 Å². The van der Waals surface area contributed by atoms with Gasteiger partial charge in [-0.2, -0.15) is 0 Å². The molecule has 182 valence electrons. The largest absolute Gasteiger partial charge is 0.493 e. The van der Waals surface area contributed by atoms with E-state index in [-0.39, 0.29) is 5.91 Å². The second-order valence-corrected chi connectivity index (χ2v) is 8.55. The number of nitrogens with two attached hydrogens (primary N) is 1. The number of nitrogens with zero attached hydrogens (tertiary/aromatic N) is 2. The lowest BCUT2D eigenvalue weighted by atomic mass is 10.0. The number of rotatable bonds is 8. The van der Waals surface area contributed by atoms with Gasteiger partial charge in [-0.1, -0.05) is 18.2 Å². The molecule has 1 aliphatic carbocycles. The summed E-state index contributed by atoms with van der Waals surface area (Å²) in [6, 6.07) is 21.7. The van der Waals surface area contributed by atoms with Gasteiger partial charge in [-0.25, -0.2) is 0 Å². The summed E-state index contributed by atoms with van der Waals surface area (Å²) in [5.74, 6) is 1.39. The van der Waals surface area contributed by atoms with Crippen LogP contribution >= 0.6 is 0 Å². The Morgan fingerprint density at radius 1 is 0.861 bits per heavy atom. The molecular weight excluding hydrogens is 458 g/mol. The Labute approximate surface area is 208 Å². The third-order valence-electron chi connectivity index (χ3n) is 6.38. The Balaban J connectivity index is 1.47. The van der Waals surface area contributed by atoms with Crippen LogP contribution < -0.4 is 24.8 Å². The Bertz CT molecular complexity index is 1430. The number of hydrogen-bond donors (Lipinski definition) is 1. The summed E-state index contributed by atoms with van der Waals surface area (Å²) < 4.78 is 17.0. The topological polar surface area (TPSA) is 104 Å². The minimum absolute atomic E-state index is 0.323. The van der Waals surface area contributed by atoms with Crippen molar-refractivity contribution in [3.05, 3.63) is 79.0 Å². The molecule has 0 unspecified atom stereocenters. The van der Waals surface area contributed by atoms with Crippen LogP contribution in [0.3, 0.4) is 0 Å². The molecule has 4 aromatic rings. The van der Waals surface area contributed by atoms with Gasteiger partial charge in [0.05, 0.1) is 19.7 Å². The highest BCUT2D eigenvalue weighted by molar-refractivity contribution is 6.16. The zero-order valence-corrected chi connectivity index (χ0v) is 19.9. The van der Waals surface area contributed by atoms with Crippen LogP contribution in [0.25, 0.3) is 10.9 Å². The summed E-state index contributed by atoms with van der Waals surface area (Å²) in [6.45, 7) is 0. The monoisotopic (exact) mass is 483 g/mol. The minimum Gasteiger partial charge on any atom is -0.493 e. The molecule has 0 radical (unpaired) electrons. The highest BCUT2D eigenvalue weighted by atomic mass is 16.5. The number of ether oxygens (including phenoxy) is 3. The predicted molar refractivity (Wildman–Crippen MR) is 136 cm³/mol. The zero-order valence-electron chi connectivity index (χ0n) is 19.9. The number of carbonyl (C=O) groups excluding carboxylic acids is 2. The summed E-state index contributed by atoms with van der Waals surface area (Å²) in [4.78, 5) is 31.5. The molecule has 5 rings (SSSR count). The molecular formula is C28H25N3O5. The summed E-state index contributed by atoms with van der Waals surface area (Å²) in [5.41, 5.74) is 6.41. The maximum Gasteiger partial charge on any atom is 0.247 e. The van der Waals surface area contributed by atoms with E-state index in [1.807, 2.05) is 36.4 Å². The fourth-order valence-corrected chi connectivity index (χ4v) is 4.19. The van der Waals surface area contributed by atoms with E-state index in [1.165, 1.54) is 0 Å². The summed E-state index contributed by atoms with van der Waals surface area (Å²) in [6.07, 6.45) is 2.57. The summed E-state index contributed by atoms with van der Waals surface area (Å²) in [5, 5.41) is 0.762. The number of anilines is 2. The zero-order chi connectivity index (χ0) is 25.3. The van der Waals surface area contributed by atoms with E-state index < -0.39 is 11.3 Å². The van der Waals surface area contributed by atoms with Crippen molar-refractivity contribution >= 4 is 34.1 Å². The molecule has 1 aromatic heterocycles. The van der Waals surface area contributed by atoms with Crippen molar-refractivity contribution in [1.82, 2.24) is 4.98 Å². The van der Waals surface area contributed by atoms with E-state index in [4.69, 9.17) is 19.9 Å². The quantitative estimate of drug-likeness (QED) is 0.355. The van der Waals surface area contributed by atoms with E-state index in [0.717, 1.165) is 5.39 Å². The van der Waals surface area contributed by atoms with Crippen LogP contribution in [0.5, 0.6) is 23.0 Å². The molecule has 8 heteroatoms. The van der Waals surface area contributed by atoms with Crippen LogP contribution in [-0.4, -0.2) is 31.0 Å². The molecule has 1 fully saturated rings. The van der Waals surface area contributed by atoms with Crippen molar-refractivity contribution in [2.45, 2.75) is 12.8 Å². The van der Waals surface area contributed by atoms with E-state index in [9.17, 15) is 9.59 Å². The lowest BCUT2D eigenvalue weighted by Gasteiger charge is -2.26. The minimum atomic E-state index is -1.15. The molecule has 8 nitrogen and oxygen atoms in total. The van der Waals surface area contributed by atoms with Gasteiger partial charge in [-0.15, -0.1) is 0 Å². The Hall–Kier alpha value is -4.59. The van der Waals surface area contributed by atoms with Crippen molar-refractivity contribution in [3.63, 3.8) is 0 Å². The molecule has 0 atom stereocenters. The van der Waals surface area contributed by atoms with Crippen molar-refractivity contribution in [1.29, 1.82) is 0 Å². The number of aromatic nitrogens is 1. The number of benzene rings is 3. The van der Waals surface area contributed by atoms with Gasteiger partial charge in [0.1, 0.15) is 16.9 Å². The molecule has 3 aromatic carbocycles. The van der Waals surface area contributed by atoms with Crippen LogP contribution in [0.15, 0.2) is 79.0 Å². The molecule has 0 spiro atoms. The molecule has 1 saturated carbocycles. The third kappa shape index (κ3) is 4.07. The average Bonchev–Trinajstić information content (AvgIpc) is 3.72. The first-order chi connectivity index (χ1) is 17.5. The number of primary amides is 1. The average molecular weight is 484 g/mol. The lowest BCUT2D eigenvalue weighted by molar-refractivity contribution is -0.133. The molecule has 2 amide bonds. The first-order valence-corrected chi connectivity index (χ1v) is 11.4. The van der Waals surface area contributed by atoms with Crippen LogP contribution in [0.4, 0.5) is 11.4 Å².